The Hall–Kier alpha value is -2.82. The number of methoxy groups -OCH3 is 1. The molecule has 0 aromatic heterocycles. The summed E-state index contributed by atoms with van der Waals surface area (Å²) in [6.07, 6.45) is -1.30. The van der Waals surface area contributed by atoms with Gasteiger partial charge >= 0.3 is 5.97 Å². The third-order valence-electron chi connectivity index (χ3n) is 3.14. The molecule has 0 spiro atoms. The van der Waals surface area contributed by atoms with Crippen LogP contribution in [-0.4, -0.2) is 24.0 Å². The van der Waals surface area contributed by atoms with Crippen LogP contribution < -0.4 is 9.47 Å². The number of carbonyl (C=O) groups is 2. The Bertz CT molecular complexity index is 679. The van der Waals surface area contributed by atoms with E-state index >= 15 is 0 Å². The van der Waals surface area contributed by atoms with Crippen LogP contribution in [0, 0.1) is 0 Å². The first-order valence-electron chi connectivity index (χ1n) is 6.66. The fraction of sp³-hybridized carbons (Fsp3) is 0.176. The molecular weight excluding hydrogens is 284 g/mol. The molecule has 0 saturated heterocycles. The lowest BCUT2D eigenvalue weighted by molar-refractivity contribution is -0.145. The number of Topliss-reactive ketones (excluding diaryl/α,β-unsaturated/α-hetero) is 1. The highest BCUT2D eigenvalue weighted by Crippen LogP contribution is 2.28. The molecule has 0 aliphatic rings. The fourth-order valence-electron chi connectivity index (χ4n) is 2.09. The van der Waals surface area contributed by atoms with Gasteiger partial charge in [-0.3, -0.25) is 4.79 Å². The Morgan fingerprint density at radius 2 is 1.73 bits per heavy atom. The second-order valence-corrected chi connectivity index (χ2v) is 4.66. The number of para-hydroxylation sites is 1. The Labute approximate surface area is 128 Å². The van der Waals surface area contributed by atoms with E-state index in [1.807, 2.05) is 0 Å². The van der Waals surface area contributed by atoms with Crippen molar-refractivity contribution in [2.45, 2.75) is 13.0 Å². The van der Waals surface area contributed by atoms with E-state index in [2.05, 4.69) is 0 Å². The third-order valence-corrected chi connectivity index (χ3v) is 3.14. The van der Waals surface area contributed by atoms with E-state index in [0.717, 1.165) is 0 Å². The lowest BCUT2D eigenvalue weighted by Gasteiger charge is -2.18. The number of hydrogen-bond acceptors (Lipinski definition) is 4. The lowest BCUT2D eigenvalue weighted by Crippen LogP contribution is -2.20. The molecule has 2 rings (SSSR count). The normalized spacial score (nSPS) is 11.5. The number of carboxylic acid groups (broad SMARTS) is 1. The van der Waals surface area contributed by atoms with Crippen LogP contribution in [0.25, 0.3) is 0 Å². The highest BCUT2D eigenvalue weighted by atomic mass is 16.5. The van der Waals surface area contributed by atoms with Gasteiger partial charge in [-0.2, -0.15) is 0 Å². The number of ketones is 1. The quantitative estimate of drug-likeness (QED) is 0.830. The van der Waals surface area contributed by atoms with Crippen molar-refractivity contribution in [2.24, 2.45) is 0 Å². The van der Waals surface area contributed by atoms with Gasteiger partial charge in [-0.25, -0.2) is 4.79 Å². The van der Waals surface area contributed by atoms with Gasteiger partial charge in [0.1, 0.15) is 11.5 Å². The molecule has 5 nitrogen and oxygen atoms in total. The molecule has 0 aliphatic heterocycles. The number of rotatable bonds is 6. The van der Waals surface area contributed by atoms with Crippen LogP contribution in [0.15, 0.2) is 48.5 Å². The van der Waals surface area contributed by atoms with E-state index in [0.29, 0.717) is 17.1 Å². The molecule has 5 heteroatoms. The number of aliphatic carboxylic acids is 1. The van der Waals surface area contributed by atoms with Crippen LogP contribution in [0.2, 0.25) is 0 Å². The summed E-state index contributed by atoms with van der Waals surface area (Å²) in [4.78, 5) is 23.4. The first-order chi connectivity index (χ1) is 10.5. The van der Waals surface area contributed by atoms with Crippen molar-refractivity contribution in [1.82, 2.24) is 0 Å². The molecule has 0 heterocycles. The number of ether oxygens (including phenoxy) is 2. The summed E-state index contributed by atoms with van der Waals surface area (Å²) in [5.41, 5.74) is 0.562. The summed E-state index contributed by atoms with van der Waals surface area (Å²) in [5.74, 6) is -0.546. The highest BCUT2D eigenvalue weighted by molar-refractivity contribution is 5.97. The maximum atomic E-state index is 11.8. The molecule has 0 bridgehead atoms. The molecule has 0 fully saturated rings. The zero-order chi connectivity index (χ0) is 16.1. The average Bonchev–Trinajstić information content (AvgIpc) is 2.52. The van der Waals surface area contributed by atoms with Crippen molar-refractivity contribution >= 4 is 11.8 Å². The lowest BCUT2D eigenvalue weighted by atomic mass is 9.99. The fourth-order valence-corrected chi connectivity index (χ4v) is 2.09. The largest absolute Gasteiger partial charge is 0.497 e. The summed E-state index contributed by atoms with van der Waals surface area (Å²) in [6.45, 7) is 1.38. The van der Waals surface area contributed by atoms with Gasteiger partial charge in [0, 0.05) is 11.1 Å². The van der Waals surface area contributed by atoms with E-state index in [-0.39, 0.29) is 11.3 Å². The molecule has 1 unspecified atom stereocenters. The molecule has 1 N–H and O–H groups in total. The van der Waals surface area contributed by atoms with Crippen LogP contribution in [-0.2, 0) is 4.79 Å². The van der Waals surface area contributed by atoms with Gasteiger partial charge in [-0.1, -0.05) is 18.2 Å². The summed E-state index contributed by atoms with van der Waals surface area (Å²) in [6, 6.07) is 13.3. The predicted octanol–water partition coefficient (Wildman–Crippen LogP) is 3.10. The summed E-state index contributed by atoms with van der Waals surface area (Å²) < 4.78 is 10.7. The van der Waals surface area contributed by atoms with Gasteiger partial charge in [0.15, 0.2) is 5.78 Å². The van der Waals surface area contributed by atoms with E-state index in [4.69, 9.17) is 9.47 Å². The SMILES string of the molecule is COc1ccc(C(C)=O)c(C(Oc2ccccc2)C(=O)O)c1. The summed E-state index contributed by atoms with van der Waals surface area (Å²) >= 11 is 0. The van der Waals surface area contributed by atoms with Crippen molar-refractivity contribution in [3.63, 3.8) is 0 Å². The minimum absolute atomic E-state index is 0.236. The molecule has 0 saturated carbocycles. The topological polar surface area (TPSA) is 72.8 Å². The van der Waals surface area contributed by atoms with Gasteiger partial charge in [0.05, 0.1) is 7.11 Å². The molecule has 2 aromatic carbocycles. The third kappa shape index (κ3) is 3.44. The molecule has 0 radical (unpaired) electrons. The molecule has 22 heavy (non-hydrogen) atoms. The standard InChI is InChI=1S/C17H16O5/c1-11(18)14-9-8-13(21-2)10-15(14)16(17(19)20)22-12-6-4-3-5-7-12/h3-10,16H,1-2H3,(H,19,20). The van der Waals surface area contributed by atoms with Crippen LogP contribution in [0.3, 0.4) is 0 Å². The van der Waals surface area contributed by atoms with Crippen LogP contribution in [0.4, 0.5) is 0 Å². The van der Waals surface area contributed by atoms with Gasteiger partial charge in [0.2, 0.25) is 6.10 Å². The van der Waals surface area contributed by atoms with Gasteiger partial charge in [0.25, 0.3) is 0 Å². The maximum absolute atomic E-state index is 11.8. The monoisotopic (exact) mass is 300 g/mol. The average molecular weight is 300 g/mol. The van der Waals surface area contributed by atoms with Crippen LogP contribution in [0.1, 0.15) is 28.9 Å². The van der Waals surface area contributed by atoms with Crippen molar-refractivity contribution in [2.75, 3.05) is 7.11 Å². The molecule has 2 aromatic rings. The molecule has 114 valence electrons. The first-order valence-corrected chi connectivity index (χ1v) is 6.66. The predicted molar refractivity (Wildman–Crippen MR) is 80.4 cm³/mol. The minimum Gasteiger partial charge on any atom is -0.497 e. The molecule has 1 atom stereocenters. The Kier molecular flexibility index (Phi) is 4.78. The Balaban J connectivity index is 2.47. The van der Waals surface area contributed by atoms with Crippen molar-refractivity contribution in [3.05, 3.63) is 59.7 Å². The van der Waals surface area contributed by atoms with Gasteiger partial charge in [-0.15, -0.1) is 0 Å². The minimum atomic E-state index is -1.30. The summed E-state index contributed by atoms with van der Waals surface area (Å²) in [7, 11) is 1.47. The number of carbonyl (C=O) groups excluding carboxylic acids is 1. The highest BCUT2D eigenvalue weighted by Gasteiger charge is 2.26. The van der Waals surface area contributed by atoms with Crippen molar-refractivity contribution in [1.29, 1.82) is 0 Å². The molecule has 0 aliphatic carbocycles. The number of hydrogen-bond donors (Lipinski definition) is 1. The zero-order valence-electron chi connectivity index (χ0n) is 12.3. The zero-order valence-corrected chi connectivity index (χ0v) is 12.3. The van der Waals surface area contributed by atoms with E-state index < -0.39 is 12.1 Å². The van der Waals surface area contributed by atoms with Gasteiger partial charge in [-0.05, 0) is 37.3 Å². The van der Waals surface area contributed by atoms with E-state index in [1.165, 1.54) is 20.1 Å². The Morgan fingerprint density at radius 1 is 1.05 bits per heavy atom. The van der Waals surface area contributed by atoms with Crippen molar-refractivity contribution < 1.29 is 24.2 Å². The van der Waals surface area contributed by atoms with Crippen LogP contribution >= 0.6 is 0 Å². The second kappa shape index (κ2) is 6.76. The Morgan fingerprint density at radius 3 is 2.27 bits per heavy atom. The van der Waals surface area contributed by atoms with Crippen molar-refractivity contribution in [3.8, 4) is 11.5 Å². The molecular formula is C17H16O5. The first kappa shape index (κ1) is 15.6. The number of carboxylic acids is 1. The van der Waals surface area contributed by atoms with Gasteiger partial charge < -0.3 is 14.6 Å². The summed E-state index contributed by atoms with van der Waals surface area (Å²) in [5, 5.41) is 9.48. The number of benzene rings is 2. The molecule has 0 amide bonds. The second-order valence-electron chi connectivity index (χ2n) is 4.66. The maximum Gasteiger partial charge on any atom is 0.349 e. The smallest absolute Gasteiger partial charge is 0.349 e. The van der Waals surface area contributed by atoms with Crippen LogP contribution in [0.5, 0.6) is 11.5 Å². The van der Waals surface area contributed by atoms with E-state index in [9.17, 15) is 14.7 Å². The van der Waals surface area contributed by atoms with E-state index in [1.54, 1.807) is 42.5 Å².